The third-order valence-corrected chi connectivity index (χ3v) is 3.93. The highest BCUT2D eigenvalue weighted by Crippen LogP contribution is 2.31. The molecule has 1 aromatic carbocycles. The Bertz CT molecular complexity index is 587. The van der Waals surface area contributed by atoms with Crippen LogP contribution in [-0.2, 0) is 0 Å². The molecule has 2 rings (SSSR count). The summed E-state index contributed by atoms with van der Waals surface area (Å²) in [6, 6.07) is 5.69. The summed E-state index contributed by atoms with van der Waals surface area (Å²) in [6.07, 6.45) is 0. The molecule has 0 radical (unpaired) electrons. The molecule has 0 spiro atoms. The molecule has 1 atom stereocenters. The molecule has 0 fully saturated rings. The number of nitrogens with two attached hydrogens (primary N) is 1. The van der Waals surface area contributed by atoms with Gasteiger partial charge in [-0.2, -0.15) is 4.98 Å². The molecular formula is C14H18BrN3O. The Labute approximate surface area is 121 Å². The van der Waals surface area contributed by atoms with Crippen LogP contribution in [0.4, 0.5) is 0 Å². The first kappa shape index (κ1) is 14.2. The minimum absolute atomic E-state index is 0.113. The normalized spacial score (nSPS) is 13.6. The predicted molar refractivity (Wildman–Crippen MR) is 78.6 cm³/mol. The Balaban J connectivity index is 2.33. The van der Waals surface area contributed by atoms with Crippen LogP contribution in [0, 0.1) is 12.3 Å². The lowest BCUT2D eigenvalue weighted by Gasteiger charge is -2.23. The van der Waals surface area contributed by atoms with Gasteiger partial charge in [0, 0.05) is 10.0 Å². The maximum atomic E-state index is 6.11. The minimum Gasteiger partial charge on any atom is -0.337 e. The standard InChI is InChI=1S/C14H18BrN3O/c1-8-5-6-9(7-10(8)15)12-17-13(19-18-12)11(16)14(2,3)4/h5-7,11H,16H2,1-4H3. The number of hydrogen-bond acceptors (Lipinski definition) is 4. The number of aromatic nitrogens is 2. The van der Waals surface area contributed by atoms with Crippen molar-refractivity contribution in [3.05, 3.63) is 34.1 Å². The van der Waals surface area contributed by atoms with Crippen molar-refractivity contribution in [1.29, 1.82) is 0 Å². The van der Waals surface area contributed by atoms with E-state index in [9.17, 15) is 0 Å². The number of nitrogens with zero attached hydrogens (tertiary/aromatic N) is 2. The van der Waals surface area contributed by atoms with Gasteiger partial charge in [0.15, 0.2) is 0 Å². The lowest BCUT2D eigenvalue weighted by molar-refractivity contribution is 0.253. The summed E-state index contributed by atoms with van der Waals surface area (Å²) in [4.78, 5) is 4.39. The molecule has 0 aliphatic rings. The van der Waals surface area contributed by atoms with Crippen molar-refractivity contribution in [1.82, 2.24) is 10.1 Å². The van der Waals surface area contributed by atoms with E-state index in [1.807, 2.05) is 45.9 Å². The van der Waals surface area contributed by atoms with Crippen LogP contribution in [-0.4, -0.2) is 10.1 Å². The molecule has 0 aliphatic carbocycles. The highest BCUT2D eigenvalue weighted by molar-refractivity contribution is 9.10. The van der Waals surface area contributed by atoms with E-state index >= 15 is 0 Å². The highest BCUT2D eigenvalue weighted by atomic mass is 79.9. The van der Waals surface area contributed by atoms with E-state index < -0.39 is 0 Å². The van der Waals surface area contributed by atoms with Crippen LogP contribution in [0.1, 0.15) is 38.3 Å². The molecule has 0 saturated carbocycles. The van der Waals surface area contributed by atoms with Crippen LogP contribution >= 0.6 is 15.9 Å². The fourth-order valence-electron chi connectivity index (χ4n) is 1.58. The lowest BCUT2D eigenvalue weighted by Crippen LogP contribution is -2.26. The molecule has 0 saturated heterocycles. The molecule has 1 heterocycles. The number of hydrogen-bond donors (Lipinski definition) is 1. The summed E-state index contributed by atoms with van der Waals surface area (Å²) in [5, 5.41) is 4.00. The van der Waals surface area contributed by atoms with E-state index in [2.05, 4.69) is 26.1 Å². The van der Waals surface area contributed by atoms with Crippen LogP contribution in [0.2, 0.25) is 0 Å². The molecule has 0 bridgehead atoms. The topological polar surface area (TPSA) is 64.9 Å². The molecule has 5 heteroatoms. The van der Waals surface area contributed by atoms with Gasteiger partial charge in [-0.3, -0.25) is 0 Å². The van der Waals surface area contributed by atoms with Crippen molar-refractivity contribution < 1.29 is 4.52 Å². The fraction of sp³-hybridized carbons (Fsp3) is 0.429. The van der Waals surface area contributed by atoms with Gasteiger partial charge < -0.3 is 10.3 Å². The molecule has 4 nitrogen and oxygen atoms in total. The van der Waals surface area contributed by atoms with Crippen LogP contribution in [0.5, 0.6) is 0 Å². The van der Waals surface area contributed by atoms with Crippen LogP contribution in [0.15, 0.2) is 27.2 Å². The van der Waals surface area contributed by atoms with Crippen molar-refractivity contribution in [2.45, 2.75) is 33.7 Å². The first-order valence-electron chi connectivity index (χ1n) is 6.15. The van der Waals surface area contributed by atoms with E-state index in [-0.39, 0.29) is 11.5 Å². The Kier molecular flexibility index (Phi) is 3.78. The van der Waals surface area contributed by atoms with Gasteiger partial charge in [0.2, 0.25) is 11.7 Å². The molecule has 19 heavy (non-hydrogen) atoms. The first-order valence-corrected chi connectivity index (χ1v) is 6.94. The van der Waals surface area contributed by atoms with Crippen molar-refractivity contribution in [3.8, 4) is 11.4 Å². The Morgan fingerprint density at radius 2 is 2.00 bits per heavy atom. The molecule has 1 aromatic heterocycles. The van der Waals surface area contributed by atoms with Gasteiger partial charge in [-0.05, 0) is 24.0 Å². The van der Waals surface area contributed by atoms with E-state index in [4.69, 9.17) is 10.3 Å². The number of halogens is 1. The average molecular weight is 324 g/mol. The molecule has 0 aliphatic heterocycles. The van der Waals surface area contributed by atoms with E-state index in [1.54, 1.807) is 0 Å². The van der Waals surface area contributed by atoms with Gasteiger partial charge in [0.25, 0.3) is 0 Å². The fourth-order valence-corrected chi connectivity index (χ4v) is 1.96. The smallest absolute Gasteiger partial charge is 0.244 e. The monoisotopic (exact) mass is 323 g/mol. The van der Waals surface area contributed by atoms with Gasteiger partial charge in [0.1, 0.15) is 0 Å². The molecule has 2 N–H and O–H groups in total. The first-order chi connectivity index (χ1) is 8.79. The Morgan fingerprint density at radius 3 is 2.58 bits per heavy atom. The van der Waals surface area contributed by atoms with Crippen molar-refractivity contribution in [2.24, 2.45) is 11.1 Å². The zero-order valence-corrected chi connectivity index (χ0v) is 13.2. The Morgan fingerprint density at radius 1 is 1.32 bits per heavy atom. The van der Waals surface area contributed by atoms with E-state index in [0.717, 1.165) is 10.0 Å². The summed E-state index contributed by atoms with van der Waals surface area (Å²) in [5.74, 6) is 1.04. The van der Waals surface area contributed by atoms with Gasteiger partial charge in [0.05, 0.1) is 6.04 Å². The SMILES string of the molecule is Cc1ccc(-c2noc(C(N)C(C)(C)C)n2)cc1Br. The van der Waals surface area contributed by atoms with Gasteiger partial charge in [-0.25, -0.2) is 0 Å². The van der Waals surface area contributed by atoms with Crippen molar-refractivity contribution in [2.75, 3.05) is 0 Å². The third kappa shape index (κ3) is 3.04. The van der Waals surface area contributed by atoms with Gasteiger partial charge in [-0.1, -0.05) is 54.0 Å². The van der Waals surface area contributed by atoms with Crippen molar-refractivity contribution >= 4 is 15.9 Å². The number of aryl methyl sites for hydroxylation is 1. The molecular weight excluding hydrogens is 306 g/mol. The zero-order chi connectivity index (χ0) is 14.2. The van der Waals surface area contributed by atoms with Gasteiger partial charge in [-0.15, -0.1) is 0 Å². The summed E-state index contributed by atoms with van der Waals surface area (Å²) in [7, 11) is 0. The van der Waals surface area contributed by atoms with Crippen LogP contribution in [0.25, 0.3) is 11.4 Å². The van der Waals surface area contributed by atoms with E-state index in [0.29, 0.717) is 11.7 Å². The summed E-state index contributed by atoms with van der Waals surface area (Å²) < 4.78 is 6.30. The maximum Gasteiger partial charge on any atom is 0.244 e. The molecule has 2 aromatic rings. The molecule has 1 unspecified atom stereocenters. The summed E-state index contributed by atoms with van der Waals surface area (Å²) in [5.41, 5.74) is 8.07. The molecule has 0 amide bonds. The number of benzene rings is 1. The second kappa shape index (κ2) is 5.06. The number of rotatable bonds is 2. The Hall–Kier alpha value is -1.20. The lowest BCUT2D eigenvalue weighted by atomic mass is 9.87. The average Bonchev–Trinajstić information content (AvgIpc) is 2.79. The minimum atomic E-state index is -0.275. The van der Waals surface area contributed by atoms with E-state index in [1.165, 1.54) is 5.56 Å². The second-order valence-electron chi connectivity index (χ2n) is 5.76. The van der Waals surface area contributed by atoms with Crippen LogP contribution < -0.4 is 5.73 Å². The third-order valence-electron chi connectivity index (χ3n) is 3.07. The zero-order valence-electron chi connectivity index (χ0n) is 11.6. The second-order valence-corrected chi connectivity index (χ2v) is 6.62. The van der Waals surface area contributed by atoms with Gasteiger partial charge >= 0.3 is 0 Å². The summed E-state index contributed by atoms with van der Waals surface area (Å²) in [6.45, 7) is 8.17. The maximum absolute atomic E-state index is 6.11. The summed E-state index contributed by atoms with van der Waals surface area (Å²) >= 11 is 3.50. The van der Waals surface area contributed by atoms with Crippen molar-refractivity contribution in [3.63, 3.8) is 0 Å². The highest BCUT2D eigenvalue weighted by Gasteiger charge is 2.27. The molecule has 102 valence electrons. The largest absolute Gasteiger partial charge is 0.337 e. The predicted octanol–water partition coefficient (Wildman–Crippen LogP) is 3.85. The quantitative estimate of drug-likeness (QED) is 0.911. The van der Waals surface area contributed by atoms with Crippen LogP contribution in [0.3, 0.4) is 0 Å².